The third kappa shape index (κ3) is 8.23. The molecule has 2 amide bonds. The highest BCUT2D eigenvalue weighted by atomic mass is 16.5. The van der Waals surface area contributed by atoms with Gasteiger partial charge in [0.15, 0.2) is 0 Å². The first-order valence-electron chi connectivity index (χ1n) is 5.13. The molecule has 0 bridgehead atoms. The van der Waals surface area contributed by atoms with Crippen LogP contribution in [0.1, 0.15) is 0 Å². The average molecular weight is 245 g/mol. The summed E-state index contributed by atoms with van der Waals surface area (Å²) in [5.74, 6) is -0.926. The van der Waals surface area contributed by atoms with Crippen molar-refractivity contribution in [1.82, 2.24) is 10.6 Å². The Kier molecular flexibility index (Phi) is 8.71. The Morgan fingerprint density at radius 1 is 1.12 bits per heavy atom. The van der Waals surface area contributed by atoms with E-state index < -0.39 is 11.8 Å². The van der Waals surface area contributed by atoms with E-state index >= 15 is 0 Å². The van der Waals surface area contributed by atoms with Gasteiger partial charge in [-0.05, 0) is 0 Å². The van der Waals surface area contributed by atoms with E-state index in [9.17, 15) is 9.59 Å². The van der Waals surface area contributed by atoms with Crippen LogP contribution in [-0.2, 0) is 19.1 Å². The third-order valence-corrected chi connectivity index (χ3v) is 1.75. The van der Waals surface area contributed by atoms with Crippen molar-refractivity contribution >= 4 is 11.8 Å². The van der Waals surface area contributed by atoms with Gasteiger partial charge in [0, 0.05) is 33.4 Å². The Balaban J connectivity index is 3.96. The smallest absolute Gasteiger partial charge is 0.267 e. The lowest BCUT2D eigenvalue weighted by Gasteiger charge is -2.05. The van der Waals surface area contributed by atoms with Crippen molar-refractivity contribution in [3.05, 3.63) is 11.8 Å². The lowest BCUT2D eigenvalue weighted by atomic mass is 10.3. The molecule has 0 aromatic rings. The molecule has 0 atom stereocenters. The fourth-order valence-electron chi connectivity index (χ4n) is 0.903. The number of amides is 2. The third-order valence-electron chi connectivity index (χ3n) is 1.75. The van der Waals surface area contributed by atoms with Gasteiger partial charge in [0.1, 0.15) is 5.70 Å². The Labute approximate surface area is 100 Å². The zero-order valence-corrected chi connectivity index (χ0v) is 10.1. The summed E-state index contributed by atoms with van der Waals surface area (Å²) in [6, 6.07) is 0. The minimum Gasteiger partial charge on any atom is -0.394 e. The SMILES string of the molecule is COCCNC(=O)/C=C(\N)C(=O)NCCOC. The zero-order chi connectivity index (χ0) is 13.1. The molecule has 7 heteroatoms. The normalized spacial score (nSPS) is 11.1. The van der Waals surface area contributed by atoms with Gasteiger partial charge in [-0.15, -0.1) is 0 Å². The van der Waals surface area contributed by atoms with Gasteiger partial charge in [0.05, 0.1) is 13.2 Å². The van der Waals surface area contributed by atoms with Crippen LogP contribution >= 0.6 is 0 Å². The van der Waals surface area contributed by atoms with Crippen molar-refractivity contribution in [1.29, 1.82) is 0 Å². The topological polar surface area (TPSA) is 103 Å². The number of carbonyl (C=O) groups is 2. The number of hydrogen-bond acceptors (Lipinski definition) is 5. The van der Waals surface area contributed by atoms with Crippen LogP contribution in [0.25, 0.3) is 0 Å². The summed E-state index contributed by atoms with van der Waals surface area (Å²) in [6.45, 7) is 1.50. The maximum Gasteiger partial charge on any atom is 0.267 e. The van der Waals surface area contributed by atoms with Gasteiger partial charge in [-0.1, -0.05) is 0 Å². The first-order valence-corrected chi connectivity index (χ1v) is 5.13. The molecule has 0 fully saturated rings. The summed E-state index contributed by atoms with van der Waals surface area (Å²) in [7, 11) is 3.05. The standard InChI is InChI=1S/C10H19N3O4/c1-16-5-3-12-9(14)7-8(11)10(15)13-4-6-17-2/h7H,3-6,11H2,1-2H3,(H,12,14)(H,13,15)/b8-7-. The monoisotopic (exact) mass is 245 g/mol. The van der Waals surface area contributed by atoms with Crippen molar-refractivity contribution in [3.63, 3.8) is 0 Å². The molecular weight excluding hydrogens is 226 g/mol. The van der Waals surface area contributed by atoms with Gasteiger partial charge < -0.3 is 25.8 Å². The minimum atomic E-state index is -0.496. The summed E-state index contributed by atoms with van der Waals surface area (Å²) >= 11 is 0. The van der Waals surface area contributed by atoms with Gasteiger partial charge in [-0.25, -0.2) is 0 Å². The number of rotatable bonds is 8. The predicted octanol–water partition coefficient (Wildman–Crippen LogP) is -1.65. The maximum absolute atomic E-state index is 11.3. The number of nitrogens with one attached hydrogen (secondary N) is 2. The number of hydrogen-bond donors (Lipinski definition) is 3. The van der Waals surface area contributed by atoms with Crippen molar-refractivity contribution in [2.24, 2.45) is 5.73 Å². The molecule has 0 saturated carbocycles. The highest BCUT2D eigenvalue weighted by Gasteiger charge is 2.06. The van der Waals surface area contributed by atoms with Crippen molar-refractivity contribution in [3.8, 4) is 0 Å². The molecule has 0 rings (SSSR count). The molecule has 0 heterocycles. The average Bonchev–Trinajstić information content (AvgIpc) is 2.29. The van der Waals surface area contributed by atoms with Crippen LogP contribution in [0.4, 0.5) is 0 Å². The molecule has 0 radical (unpaired) electrons. The van der Waals surface area contributed by atoms with Crippen LogP contribution in [0, 0.1) is 0 Å². The van der Waals surface area contributed by atoms with E-state index in [0.717, 1.165) is 6.08 Å². The van der Waals surface area contributed by atoms with Gasteiger partial charge in [0.2, 0.25) is 5.91 Å². The Morgan fingerprint density at radius 3 is 2.18 bits per heavy atom. The lowest BCUT2D eigenvalue weighted by molar-refractivity contribution is -0.119. The fourth-order valence-corrected chi connectivity index (χ4v) is 0.903. The molecule has 0 aromatic heterocycles. The Hall–Kier alpha value is -1.60. The van der Waals surface area contributed by atoms with E-state index in [1.807, 2.05) is 0 Å². The molecule has 0 aliphatic heterocycles. The molecule has 0 aromatic carbocycles. The first kappa shape index (κ1) is 15.4. The van der Waals surface area contributed by atoms with E-state index in [2.05, 4.69) is 10.6 Å². The molecule has 0 unspecified atom stereocenters. The number of nitrogens with two attached hydrogens (primary N) is 1. The molecule has 0 aliphatic rings. The highest BCUT2D eigenvalue weighted by molar-refractivity contribution is 6.00. The van der Waals surface area contributed by atoms with Crippen molar-refractivity contribution < 1.29 is 19.1 Å². The predicted molar refractivity (Wildman–Crippen MR) is 62.0 cm³/mol. The van der Waals surface area contributed by atoms with Gasteiger partial charge in [0.25, 0.3) is 5.91 Å². The molecule has 0 saturated heterocycles. The molecule has 0 spiro atoms. The fraction of sp³-hybridized carbons (Fsp3) is 0.600. The summed E-state index contributed by atoms with van der Waals surface area (Å²) < 4.78 is 9.50. The quantitative estimate of drug-likeness (QED) is 0.351. The second-order valence-electron chi connectivity index (χ2n) is 3.13. The second kappa shape index (κ2) is 9.61. The summed E-state index contributed by atoms with van der Waals surface area (Å²) in [4.78, 5) is 22.6. The van der Waals surface area contributed by atoms with E-state index in [1.54, 1.807) is 0 Å². The summed E-state index contributed by atoms with van der Waals surface area (Å²) in [5.41, 5.74) is 5.28. The van der Waals surface area contributed by atoms with Crippen molar-refractivity contribution in [2.75, 3.05) is 40.5 Å². The molecular formula is C10H19N3O4. The van der Waals surface area contributed by atoms with E-state index in [4.69, 9.17) is 15.2 Å². The van der Waals surface area contributed by atoms with Crippen LogP contribution in [0.15, 0.2) is 11.8 Å². The lowest BCUT2D eigenvalue weighted by Crippen LogP contribution is -2.33. The number of carbonyl (C=O) groups excluding carboxylic acids is 2. The summed E-state index contributed by atoms with van der Waals surface area (Å²) in [5, 5.41) is 5.01. The highest BCUT2D eigenvalue weighted by Crippen LogP contribution is 1.84. The van der Waals surface area contributed by atoms with E-state index in [0.29, 0.717) is 26.3 Å². The van der Waals surface area contributed by atoms with Gasteiger partial charge in [-0.2, -0.15) is 0 Å². The largest absolute Gasteiger partial charge is 0.394 e. The molecule has 7 nitrogen and oxygen atoms in total. The van der Waals surface area contributed by atoms with Crippen LogP contribution < -0.4 is 16.4 Å². The van der Waals surface area contributed by atoms with Gasteiger partial charge >= 0.3 is 0 Å². The summed E-state index contributed by atoms with van der Waals surface area (Å²) in [6.07, 6.45) is 1.04. The molecule has 4 N–H and O–H groups in total. The zero-order valence-electron chi connectivity index (χ0n) is 10.1. The maximum atomic E-state index is 11.3. The van der Waals surface area contributed by atoms with Crippen LogP contribution in [-0.4, -0.2) is 52.3 Å². The van der Waals surface area contributed by atoms with Crippen LogP contribution in [0.5, 0.6) is 0 Å². The Morgan fingerprint density at radius 2 is 1.65 bits per heavy atom. The van der Waals surface area contributed by atoms with Crippen molar-refractivity contribution in [2.45, 2.75) is 0 Å². The first-order chi connectivity index (χ1) is 8.11. The van der Waals surface area contributed by atoms with E-state index in [1.165, 1.54) is 14.2 Å². The second-order valence-corrected chi connectivity index (χ2v) is 3.13. The molecule has 0 aliphatic carbocycles. The Bertz CT molecular complexity index is 279. The molecule has 17 heavy (non-hydrogen) atoms. The van der Waals surface area contributed by atoms with Gasteiger partial charge in [-0.3, -0.25) is 9.59 Å². The minimum absolute atomic E-state index is 0.143. The van der Waals surface area contributed by atoms with Crippen LogP contribution in [0.3, 0.4) is 0 Å². The van der Waals surface area contributed by atoms with Crippen LogP contribution in [0.2, 0.25) is 0 Å². The number of methoxy groups -OCH3 is 2. The number of ether oxygens (including phenoxy) is 2. The molecule has 98 valence electrons. The van der Waals surface area contributed by atoms with E-state index in [-0.39, 0.29) is 5.70 Å².